The Hall–Kier alpha value is -1.35. The summed E-state index contributed by atoms with van der Waals surface area (Å²) in [6, 6.07) is 12.0. The number of benzene rings is 1. The van der Waals surface area contributed by atoms with Gasteiger partial charge >= 0.3 is 0 Å². The Morgan fingerprint density at radius 2 is 1.88 bits per heavy atom. The third-order valence-electron chi connectivity index (χ3n) is 2.51. The lowest BCUT2D eigenvalue weighted by Gasteiger charge is -2.08. The second-order valence-electron chi connectivity index (χ2n) is 3.95. The van der Waals surface area contributed by atoms with Crippen LogP contribution in [0.4, 0.5) is 0 Å². The molecule has 1 aromatic heterocycles. The zero-order valence-corrected chi connectivity index (χ0v) is 11.5. The van der Waals surface area contributed by atoms with Gasteiger partial charge in [0.05, 0.1) is 5.69 Å². The number of halogens is 1. The number of aromatic nitrogens is 1. The summed E-state index contributed by atoms with van der Waals surface area (Å²) >= 11 is 3.49. The van der Waals surface area contributed by atoms with Crippen molar-refractivity contribution in [3.05, 3.63) is 57.7 Å². The van der Waals surface area contributed by atoms with Crippen LogP contribution in [0.25, 0.3) is 0 Å². The fourth-order valence-corrected chi connectivity index (χ4v) is 1.79. The molecule has 2 nitrogen and oxygen atoms in total. The van der Waals surface area contributed by atoms with Crippen molar-refractivity contribution in [2.24, 2.45) is 0 Å². The molecular weight excluding hydrogens is 278 g/mol. The Morgan fingerprint density at radius 1 is 1.18 bits per heavy atom. The molecule has 2 aromatic rings. The van der Waals surface area contributed by atoms with Gasteiger partial charge in [-0.25, -0.2) is 4.98 Å². The molecule has 0 radical (unpaired) electrons. The third kappa shape index (κ3) is 3.07. The van der Waals surface area contributed by atoms with Crippen molar-refractivity contribution in [3.63, 3.8) is 0 Å². The molecule has 2 rings (SSSR count). The van der Waals surface area contributed by atoms with Crippen LogP contribution in [0, 0.1) is 13.8 Å². The van der Waals surface area contributed by atoms with Crippen molar-refractivity contribution in [2.75, 3.05) is 0 Å². The number of aryl methyl sites for hydroxylation is 2. The molecule has 0 aliphatic carbocycles. The zero-order chi connectivity index (χ0) is 12.3. The average Bonchev–Trinajstić information content (AvgIpc) is 2.34. The number of hydrogen-bond acceptors (Lipinski definition) is 2. The molecule has 1 aromatic carbocycles. The Bertz CT molecular complexity index is 488. The number of ether oxygens (including phenoxy) is 1. The Labute approximate surface area is 110 Å². The smallest absolute Gasteiger partial charge is 0.214 e. The van der Waals surface area contributed by atoms with E-state index in [1.54, 1.807) is 0 Å². The minimum absolute atomic E-state index is 0.550. The van der Waals surface area contributed by atoms with Gasteiger partial charge in [0.15, 0.2) is 0 Å². The molecule has 3 heteroatoms. The summed E-state index contributed by atoms with van der Waals surface area (Å²) in [5, 5.41) is 0. The highest BCUT2D eigenvalue weighted by Gasteiger charge is 2.04. The van der Waals surface area contributed by atoms with Gasteiger partial charge in [-0.1, -0.05) is 30.3 Å². The quantitative estimate of drug-likeness (QED) is 0.851. The largest absolute Gasteiger partial charge is 0.473 e. The first-order valence-corrected chi connectivity index (χ1v) is 6.26. The molecule has 0 saturated carbocycles. The summed E-state index contributed by atoms with van der Waals surface area (Å²) in [4.78, 5) is 4.38. The minimum Gasteiger partial charge on any atom is -0.473 e. The molecular formula is C14H14BrNO. The summed E-state index contributed by atoms with van der Waals surface area (Å²) in [5.41, 5.74) is 3.24. The van der Waals surface area contributed by atoms with Crippen LogP contribution in [0.1, 0.15) is 16.8 Å². The van der Waals surface area contributed by atoms with Gasteiger partial charge in [-0.05, 0) is 40.9 Å². The maximum atomic E-state index is 5.68. The molecule has 0 fully saturated rings. The Morgan fingerprint density at radius 3 is 2.53 bits per heavy atom. The van der Waals surface area contributed by atoms with E-state index in [4.69, 9.17) is 4.74 Å². The van der Waals surface area contributed by atoms with Crippen LogP contribution in [-0.2, 0) is 6.61 Å². The van der Waals surface area contributed by atoms with E-state index in [2.05, 4.69) is 20.9 Å². The topological polar surface area (TPSA) is 22.1 Å². The van der Waals surface area contributed by atoms with E-state index in [9.17, 15) is 0 Å². The summed E-state index contributed by atoms with van der Waals surface area (Å²) in [6.07, 6.45) is 0. The molecule has 0 saturated heterocycles. The number of pyridine rings is 1. The third-order valence-corrected chi connectivity index (χ3v) is 3.71. The number of rotatable bonds is 3. The van der Waals surface area contributed by atoms with E-state index in [1.165, 1.54) is 0 Å². The van der Waals surface area contributed by atoms with Gasteiger partial charge < -0.3 is 4.74 Å². The van der Waals surface area contributed by atoms with Gasteiger partial charge in [0.2, 0.25) is 5.88 Å². The van der Waals surface area contributed by atoms with E-state index in [1.807, 2.05) is 50.2 Å². The van der Waals surface area contributed by atoms with Gasteiger partial charge in [-0.3, -0.25) is 0 Å². The molecule has 1 heterocycles. The van der Waals surface area contributed by atoms with Crippen molar-refractivity contribution in [1.82, 2.24) is 4.98 Å². The van der Waals surface area contributed by atoms with Crippen molar-refractivity contribution in [2.45, 2.75) is 20.5 Å². The molecule has 0 aliphatic rings. The molecule has 0 atom stereocenters. The molecule has 0 bridgehead atoms. The van der Waals surface area contributed by atoms with E-state index in [-0.39, 0.29) is 0 Å². The predicted molar refractivity (Wildman–Crippen MR) is 72.2 cm³/mol. The lowest BCUT2D eigenvalue weighted by Crippen LogP contribution is -1.99. The molecule has 0 spiro atoms. The summed E-state index contributed by atoms with van der Waals surface area (Å²) in [6.45, 7) is 4.55. The maximum absolute atomic E-state index is 5.68. The SMILES string of the molecule is Cc1cc(OCc2ccccc2)nc(C)c1Br. The zero-order valence-electron chi connectivity index (χ0n) is 9.90. The predicted octanol–water partition coefficient (Wildman–Crippen LogP) is 4.04. The fourth-order valence-electron chi connectivity index (χ4n) is 1.59. The van der Waals surface area contributed by atoms with Crippen molar-refractivity contribution in [3.8, 4) is 5.88 Å². The van der Waals surface area contributed by atoms with Gasteiger partial charge in [-0.2, -0.15) is 0 Å². The maximum Gasteiger partial charge on any atom is 0.214 e. The van der Waals surface area contributed by atoms with Crippen LogP contribution in [0.15, 0.2) is 40.9 Å². The normalized spacial score (nSPS) is 10.3. The van der Waals surface area contributed by atoms with Crippen LogP contribution in [-0.4, -0.2) is 4.98 Å². The highest BCUT2D eigenvalue weighted by Crippen LogP contribution is 2.23. The second-order valence-corrected chi connectivity index (χ2v) is 4.74. The standard InChI is InChI=1S/C14H14BrNO/c1-10-8-13(16-11(2)14(10)15)17-9-12-6-4-3-5-7-12/h3-8H,9H2,1-2H3. The first kappa shape index (κ1) is 12.1. The van der Waals surface area contributed by atoms with Crippen molar-refractivity contribution in [1.29, 1.82) is 0 Å². The van der Waals surface area contributed by atoms with E-state index >= 15 is 0 Å². The highest BCUT2D eigenvalue weighted by molar-refractivity contribution is 9.10. The molecule has 0 N–H and O–H groups in total. The minimum atomic E-state index is 0.550. The lowest BCUT2D eigenvalue weighted by molar-refractivity contribution is 0.293. The Kier molecular flexibility index (Phi) is 3.79. The number of hydrogen-bond donors (Lipinski definition) is 0. The molecule has 0 amide bonds. The van der Waals surface area contributed by atoms with Crippen LogP contribution < -0.4 is 4.74 Å². The summed E-state index contributed by atoms with van der Waals surface area (Å²) < 4.78 is 6.72. The van der Waals surface area contributed by atoms with Gasteiger partial charge in [0.25, 0.3) is 0 Å². The summed E-state index contributed by atoms with van der Waals surface area (Å²) in [5.74, 6) is 0.673. The van der Waals surface area contributed by atoms with Crippen molar-refractivity contribution < 1.29 is 4.74 Å². The van der Waals surface area contributed by atoms with Gasteiger partial charge in [0.1, 0.15) is 6.61 Å². The molecule has 88 valence electrons. The van der Waals surface area contributed by atoms with Gasteiger partial charge in [0, 0.05) is 10.5 Å². The highest BCUT2D eigenvalue weighted by atomic mass is 79.9. The second kappa shape index (κ2) is 5.32. The molecule has 0 unspecified atom stereocenters. The van der Waals surface area contributed by atoms with Crippen LogP contribution >= 0.6 is 15.9 Å². The van der Waals surface area contributed by atoms with Crippen LogP contribution in [0.5, 0.6) is 5.88 Å². The number of nitrogens with zero attached hydrogens (tertiary/aromatic N) is 1. The van der Waals surface area contributed by atoms with E-state index in [0.29, 0.717) is 12.5 Å². The van der Waals surface area contributed by atoms with Crippen molar-refractivity contribution >= 4 is 15.9 Å². The van der Waals surface area contributed by atoms with Crippen LogP contribution in [0.3, 0.4) is 0 Å². The van der Waals surface area contributed by atoms with Gasteiger partial charge in [-0.15, -0.1) is 0 Å². The molecule has 17 heavy (non-hydrogen) atoms. The Balaban J connectivity index is 2.10. The molecule has 0 aliphatic heterocycles. The lowest BCUT2D eigenvalue weighted by atomic mass is 10.2. The average molecular weight is 292 g/mol. The first-order chi connectivity index (χ1) is 8.16. The van der Waals surface area contributed by atoms with E-state index in [0.717, 1.165) is 21.3 Å². The van der Waals surface area contributed by atoms with E-state index < -0.39 is 0 Å². The first-order valence-electron chi connectivity index (χ1n) is 5.47. The fraction of sp³-hybridized carbons (Fsp3) is 0.214. The monoisotopic (exact) mass is 291 g/mol. The van der Waals surface area contributed by atoms with Crippen LogP contribution in [0.2, 0.25) is 0 Å². The summed E-state index contributed by atoms with van der Waals surface area (Å²) in [7, 11) is 0.